The summed E-state index contributed by atoms with van der Waals surface area (Å²) in [7, 11) is -3.92. The standard InChI is InChI=1S/C9H4Cl3FN2O2S2/c10-5-1-4(13)2-6(11)8(5)15-19(16,17)7-3-14-9(12)18-7/h1-3,15H. The highest BCUT2D eigenvalue weighted by atomic mass is 35.5. The van der Waals surface area contributed by atoms with Gasteiger partial charge in [-0.3, -0.25) is 4.72 Å². The molecule has 1 aromatic carbocycles. The number of nitrogens with one attached hydrogen (secondary N) is 1. The summed E-state index contributed by atoms with van der Waals surface area (Å²) in [6.07, 6.45) is 1.10. The first-order valence-electron chi connectivity index (χ1n) is 4.58. The number of benzene rings is 1. The van der Waals surface area contributed by atoms with Gasteiger partial charge in [0.25, 0.3) is 10.0 Å². The number of halogens is 4. The molecule has 0 aliphatic heterocycles. The number of hydrogen-bond acceptors (Lipinski definition) is 4. The van der Waals surface area contributed by atoms with Crippen molar-refractivity contribution in [2.45, 2.75) is 4.21 Å². The third-order valence-corrected chi connectivity index (χ3v) is 5.49. The molecule has 1 aromatic heterocycles. The zero-order valence-corrected chi connectivity index (χ0v) is 12.7. The smallest absolute Gasteiger partial charge is 0.273 e. The predicted molar refractivity (Wildman–Crippen MR) is 74.4 cm³/mol. The lowest BCUT2D eigenvalue weighted by Crippen LogP contribution is -2.12. The summed E-state index contributed by atoms with van der Waals surface area (Å²) in [6.45, 7) is 0. The van der Waals surface area contributed by atoms with Gasteiger partial charge in [-0.15, -0.1) is 0 Å². The zero-order chi connectivity index (χ0) is 14.2. The van der Waals surface area contributed by atoms with Crippen LogP contribution in [0.15, 0.2) is 22.5 Å². The van der Waals surface area contributed by atoms with E-state index in [9.17, 15) is 12.8 Å². The van der Waals surface area contributed by atoms with Gasteiger partial charge in [0.15, 0.2) is 8.68 Å². The highest BCUT2D eigenvalue weighted by molar-refractivity contribution is 7.94. The van der Waals surface area contributed by atoms with E-state index in [0.717, 1.165) is 29.7 Å². The van der Waals surface area contributed by atoms with Crippen molar-refractivity contribution in [3.8, 4) is 0 Å². The first-order valence-corrected chi connectivity index (χ1v) is 8.01. The average molecular weight is 362 g/mol. The van der Waals surface area contributed by atoms with E-state index >= 15 is 0 Å². The maximum atomic E-state index is 13.0. The second kappa shape index (κ2) is 5.41. The Balaban J connectivity index is 2.41. The lowest BCUT2D eigenvalue weighted by Gasteiger charge is -2.09. The van der Waals surface area contributed by atoms with Crippen molar-refractivity contribution in [3.63, 3.8) is 0 Å². The van der Waals surface area contributed by atoms with Crippen molar-refractivity contribution in [1.29, 1.82) is 0 Å². The number of sulfonamides is 1. The molecule has 0 atom stereocenters. The van der Waals surface area contributed by atoms with E-state index in [1.807, 2.05) is 0 Å². The number of aromatic nitrogens is 1. The van der Waals surface area contributed by atoms with Crippen LogP contribution in [0, 0.1) is 5.82 Å². The first kappa shape index (κ1) is 14.8. The number of anilines is 1. The average Bonchev–Trinajstić information content (AvgIpc) is 2.71. The van der Waals surface area contributed by atoms with Crippen LogP contribution in [0.25, 0.3) is 0 Å². The Labute approximate surface area is 127 Å². The fourth-order valence-corrected chi connectivity index (χ4v) is 4.25. The van der Waals surface area contributed by atoms with Crippen molar-refractivity contribution >= 4 is 61.9 Å². The lowest BCUT2D eigenvalue weighted by atomic mass is 10.3. The molecule has 0 saturated carbocycles. The number of nitrogens with zero attached hydrogens (tertiary/aromatic N) is 1. The van der Waals surface area contributed by atoms with Crippen LogP contribution in [-0.4, -0.2) is 13.4 Å². The maximum Gasteiger partial charge on any atom is 0.273 e. The van der Waals surface area contributed by atoms with E-state index in [2.05, 4.69) is 9.71 Å². The Hall–Kier alpha value is -0.600. The Morgan fingerprint density at radius 1 is 1.21 bits per heavy atom. The summed E-state index contributed by atoms with van der Waals surface area (Å²) in [5, 5.41) is -0.298. The maximum absolute atomic E-state index is 13.0. The molecule has 10 heteroatoms. The van der Waals surface area contributed by atoms with Crippen LogP contribution < -0.4 is 4.72 Å². The normalized spacial score (nSPS) is 11.6. The fourth-order valence-electron chi connectivity index (χ4n) is 1.19. The monoisotopic (exact) mass is 360 g/mol. The van der Waals surface area contributed by atoms with Gasteiger partial charge in [-0.25, -0.2) is 17.8 Å². The van der Waals surface area contributed by atoms with Gasteiger partial charge < -0.3 is 0 Å². The van der Waals surface area contributed by atoms with E-state index in [1.54, 1.807) is 0 Å². The molecule has 0 aliphatic rings. The molecule has 0 spiro atoms. The SMILES string of the molecule is O=S(=O)(Nc1c(Cl)cc(F)cc1Cl)c1cnc(Cl)s1. The molecule has 19 heavy (non-hydrogen) atoms. The molecule has 0 unspecified atom stereocenters. The Bertz CT molecular complexity index is 710. The van der Waals surface area contributed by atoms with Gasteiger partial charge in [0, 0.05) is 0 Å². The second-order valence-electron chi connectivity index (χ2n) is 3.28. The topological polar surface area (TPSA) is 59.1 Å². The van der Waals surface area contributed by atoms with Gasteiger partial charge in [-0.1, -0.05) is 46.1 Å². The van der Waals surface area contributed by atoms with E-state index in [0.29, 0.717) is 0 Å². The molecule has 2 rings (SSSR count). The van der Waals surface area contributed by atoms with Gasteiger partial charge in [0.05, 0.1) is 21.9 Å². The highest BCUT2D eigenvalue weighted by Crippen LogP contribution is 2.34. The molecular weight excluding hydrogens is 358 g/mol. The van der Waals surface area contributed by atoms with E-state index < -0.39 is 15.8 Å². The van der Waals surface area contributed by atoms with Crippen molar-refractivity contribution in [2.75, 3.05) is 4.72 Å². The number of thiazole rings is 1. The van der Waals surface area contributed by atoms with Crippen LogP contribution in [-0.2, 0) is 10.0 Å². The van der Waals surface area contributed by atoms with Crippen LogP contribution in [0.3, 0.4) is 0 Å². The molecule has 2 aromatic rings. The third-order valence-electron chi connectivity index (χ3n) is 1.96. The van der Waals surface area contributed by atoms with Crippen LogP contribution in [0.2, 0.25) is 14.5 Å². The number of hydrogen-bond donors (Lipinski definition) is 1. The minimum atomic E-state index is -3.92. The molecule has 1 N–H and O–H groups in total. The molecule has 0 aliphatic carbocycles. The Morgan fingerprint density at radius 3 is 2.26 bits per heavy atom. The van der Waals surface area contributed by atoms with Gasteiger partial charge in [-0.05, 0) is 12.1 Å². The summed E-state index contributed by atoms with van der Waals surface area (Å²) in [5.74, 6) is -0.668. The summed E-state index contributed by atoms with van der Waals surface area (Å²) in [6, 6.07) is 1.90. The molecule has 0 radical (unpaired) electrons. The minimum absolute atomic E-state index is 0.0803. The van der Waals surface area contributed by atoms with Crippen molar-refractivity contribution in [2.24, 2.45) is 0 Å². The van der Waals surface area contributed by atoms with Crippen LogP contribution in [0.1, 0.15) is 0 Å². The third kappa shape index (κ3) is 3.29. The molecule has 4 nitrogen and oxygen atoms in total. The molecule has 0 fully saturated rings. The largest absolute Gasteiger partial charge is 0.276 e. The lowest BCUT2D eigenvalue weighted by molar-refractivity contribution is 0.602. The molecule has 102 valence electrons. The Morgan fingerprint density at radius 2 is 1.79 bits per heavy atom. The van der Waals surface area contributed by atoms with Crippen molar-refractivity contribution < 1.29 is 12.8 Å². The quantitative estimate of drug-likeness (QED) is 0.897. The summed E-state index contributed by atoms with van der Waals surface area (Å²) < 4.78 is 39.1. The summed E-state index contributed by atoms with van der Waals surface area (Å²) in [5.41, 5.74) is -0.103. The zero-order valence-electron chi connectivity index (χ0n) is 8.82. The highest BCUT2D eigenvalue weighted by Gasteiger charge is 2.21. The van der Waals surface area contributed by atoms with E-state index in [-0.39, 0.29) is 24.4 Å². The predicted octanol–water partition coefficient (Wildman–Crippen LogP) is 4.04. The van der Waals surface area contributed by atoms with E-state index in [4.69, 9.17) is 34.8 Å². The first-order chi connectivity index (χ1) is 8.79. The van der Waals surface area contributed by atoms with Crippen LogP contribution in [0.4, 0.5) is 10.1 Å². The van der Waals surface area contributed by atoms with Gasteiger partial charge in [-0.2, -0.15) is 0 Å². The van der Waals surface area contributed by atoms with E-state index in [1.165, 1.54) is 0 Å². The molecule has 0 amide bonds. The Kier molecular flexibility index (Phi) is 4.22. The van der Waals surface area contributed by atoms with Gasteiger partial charge >= 0.3 is 0 Å². The molecule has 0 bridgehead atoms. The van der Waals surface area contributed by atoms with Gasteiger partial charge in [0.2, 0.25) is 0 Å². The second-order valence-corrected chi connectivity index (χ2v) is 7.62. The molecule has 1 heterocycles. The molecule has 0 saturated heterocycles. The number of rotatable bonds is 3. The molecular formula is C9H4Cl3FN2O2S2. The minimum Gasteiger partial charge on any atom is -0.276 e. The summed E-state index contributed by atoms with van der Waals surface area (Å²) in [4.78, 5) is 3.62. The van der Waals surface area contributed by atoms with Crippen LogP contribution >= 0.6 is 46.1 Å². The summed E-state index contributed by atoms with van der Waals surface area (Å²) >= 11 is 17.8. The van der Waals surface area contributed by atoms with Crippen molar-refractivity contribution in [1.82, 2.24) is 4.98 Å². The fraction of sp³-hybridized carbons (Fsp3) is 0. The van der Waals surface area contributed by atoms with Gasteiger partial charge in [0.1, 0.15) is 5.82 Å². The van der Waals surface area contributed by atoms with Crippen LogP contribution in [0.5, 0.6) is 0 Å². The van der Waals surface area contributed by atoms with Crippen molar-refractivity contribution in [3.05, 3.63) is 38.7 Å².